The van der Waals surface area contributed by atoms with E-state index in [9.17, 15) is 9.90 Å². The van der Waals surface area contributed by atoms with Crippen molar-refractivity contribution in [2.24, 2.45) is 5.92 Å². The molecule has 23 heavy (non-hydrogen) atoms. The van der Waals surface area contributed by atoms with Gasteiger partial charge in [-0.1, -0.05) is 43.2 Å². The molecule has 0 aromatic heterocycles. The number of hydrogen-bond donors (Lipinski definition) is 2. The molecular formula is C18H26N2O3. The Labute approximate surface area is 137 Å². The van der Waals surface area contributed by atoms with Crippen molar-refractivity contribution in [3.63, 3.8) is 0 Å². The summed E-state index contributed by atoms with van der Waals surface area (Å²) in [7, 11) is 0. The molecule has 1 aromatic rings. The van der Waals surface area contributed by atoms with Crippen molar-refractivity contribution in [1.82, 2.24) is 10.4 Å². The van der Waals surface area contributed by atoms with Crippen molar-refractivity contribution < 1.29 is 14.7 Å². The Balaban J connectivity index is 1.43. The molecule has 2 amide bonds. The van der Waals surface area contributed by atoms with Crippen molar-refractivity contribution in [1.29, 1.82) is 0 Å². The Hall–Kier alpha value is -1.59. The molecule has 1 aliphatic heterocycles. The van der Waals surface area contributed by atoms with Gasteiger partial charge >= 0.3 is 6.03 Å². The molecule has 2 N–H and O–H groups in total. The molecule has 1 aliphatic carbocycles. The number of nitrogens with zero attached hydrogens (tertiary/aromatic N) is 1. The number of hydrogen-bond acceptors (Lipinski definition) is 3. The lowest BCUT2D eigenvalue weighted by atomic mass is 9.87. The van der Waals surface area contributed by atoms with Gasteiger partial charge < -0.3 is 10.0 Å². The van der Waals surface area contributed by atoms with E-state index in [1.807, 2.05) is 30.3 Å². The van der Waals surface area contributed by atoms with Crippen LogP contribution in [0.25, 0.3) is 0 Å². The molecule has 1 saturated carbocycles. The fourth-order valence-electron chi connectivity index (χ4n) is 3.55. The third-order valence-electron chi connectivity index (χ3n) is 5.03. The van der Waals surface area contributed by atoms with E-state index in [0.717, 1.165) is 31.2 Å². The van der Waals surface area contributed by atoms with Gasteiger partial charge in [-0.15, -0.1) is 0 Å². The van der Waals surface area contributed by atoms with Gasteiger partial charge in [0.25, 0.3) is 0 Å². The summed E-state index contributed by atoms with van der Waals surface area (Å²) in [5.41, 5.74) is 3.55. The predicted octanol–water partition coefficient (Wildman–Crippen LogP) is 3.02. The minimum Gasteiger partial charge on any atom is -0.388 e. The number of aliphatic hydroxyl groups excluding tert-OH is 1. The number of piperidine rings is 1. The average Bonchev–Trinajstić information content (AvgIpc) is 3.13. The standard InChI is InChI=1S/C18H26N2O3/c21-17(14-6-2-1-3-7-14)15-10-12-20(13-11-15)18(22)19-23-16-8-4-5-9-16/h1-3,6-7,15-17,21H,4-5,8-13H2,(H,19,22). The molecule has 5 nitrogen and oxygen atoms in total. The Bertz CT molecular complexity index is 494. The van der Waals surface area contributed by atoms with Crippen LogP contribution in [0.15, 0.2) is 30.3 Å². The van der Waals surface area contributed by atoms with E-state index in [1.165, 1.54) is 12.8 Å². The number of hydroxylamine groups is 1. The predicted molar refractivity (Wildman–Crippen MR) is 87.6 cm³/mol. The zero-order valence-electron chi connectivity index (χ0n) is 13.5. The van der Waals surface area contributed by atoms with Crippen LogP contribution < -0.4 is 5.48 Å². The van der Waals surface area contributed by atoms with Crippen LogP contribution in [0.1, 0.15) is 50.2 Å². The number of amides is 2. The van der Waals surface area contributed by atoms with Gasteiger partial charge in [0.2, 0.25) is 0 Å². The summed E-state index contributed by atoms with van der Waals surface area (Å²) < 4.78 is 0. The monoisotopic (exact) mass is 318 g/mol. The number of nitrogens with one attached hydrogen (secondary N) is 1. The first-order valence-corrected chi connectivity index (χ1v) is 8.67. The fourth-order valence-corrected chi connectivity index (χ4v) is 3.55. The molecule has 1 saturated heterocycles. The molecule has 2 aliphatic rings. The summed E-state index contributed by atoms with van der Waals surface area (Å²) in [6, 6.07) is 9.61. The topological polar surface area (TPSA) is 61.8 Å². The van der Waals surface area contributed by atoms with Gasteiger partial charge in [-0.2, -0.15) is 0 Å². The van der Waals surface area contributed by atoms with Gasteiger partial charge in [0, 0.05) is 13.1 Å². The van der Waals surface area contributed by atoms with Crippen molar-refractivity contribution >= 4 is 6.03 Å². The molecule has 1 atom stereocenters. The third-order valence-corrected chi connectivity index (χ3v) is 5.03. The second-order valence-corrected chi connectivity index (χ2v) is 6.61. The number of urea groups is 1. The van der Waals surface area contributed by atoms with Crippen molar-refractivity contribution in [3.8, 4) is 0 Å². The van der Waals surface area contributed by atoms with E-state index in [1.54, 1.807) is 4.90 Å². The molecule has 2 fully saturated rings. The molecule has 0 bridgehead atoms. The maximum absolute atomic E-state index is 12.1. The minimum absolute atomic E-state index is 0.149. The molecule has 126 valence electrons. The van der Waals surface area contributed by atoms with Crippen LogP contribution in [0.3, 0.4) is 0 Å². The maximum Gasteiger partial charge on any atom is 0.341 e. The van der Waals surface area contributed by atoms with Crippen LogP contribution in [0.4, 0.5) is 4.79 Å². The molecule has 0 radical (unpaired) electrons. The molecule has 1 aromatic carbocycles. The van der Waals surface area contributed by atoms with Gasteiger partial charge in [0.15, 0.2) is 0 Å². The van der Waals surface area contributed by atoms with Gasteiger partial charge in [-0.25, -0.2) is 10.3 Å². The first-order valence-electron chi connectivity index (χ1n) is 8.67. The highest BCUT2D eigenvalue weighted by molar-refractivity contribution is 5.73. The average molecular weight is 318 g/mol. The van der Waals surface area contributed by atoms with E-state index in [-0.39, 0.29) is 18.1 Å². The van der Waals surface area contributed by atoms with Crippen LogP contribution in [-0.4, -0.2) is 35.2 Å². The summed E-state index contributed by atoms with van der Waals surface area (Å²) >= 11 is 0. The minimum atomic E-state index is -0.448. The number of benzene rings is 1. The van der Waals surface area contributed by atoms with Crippen molar-refractivity contribution in [2.75, 3.05) is 13.1 Å². The molecule has 3 rings (SSSR count). The smallest absolute Gasteiger partial charge is 0.341 e. The van der Waals surface area contributed by atoms with Crippen molar-refractivity contribution in [3.05, 3.63) is 35.9 Å². The lowest BCUT2D eigenvalue weighted by Crippen LogP contribution is -2.45. The summed E-state index contributed by atoms with van der Waals surface area (Å²) in [6.07, 6.45) is 5.79. The normalized spacial score (nSPS) is 21.3. The van der Waals surface area contributed by atoms with E-state index in [4.69, 9.17) is 4.84 Å². The zero-order valence-corrected chi connectivity index (χ0v) is 13.5. The van der Waals surface area contributed by atoms with Gasteiger partial charge in [0.1, 0.15) is 0 Å². The Morgan fingerprint density at radius 1 is 1.13 bits per heavy atom. The summed E-state index contributed by atoms with van der Waals surface area (Å²) in [5, 5.41) is 10.5. The Morgan fingerprint density at radius 3 is 2.43 bits per heavy atom. The highest BCUT2D eigenvalue weighted by Gasteiger charge is 2.28. The molecule has 1 heterocycles. The van der Waals surface area contributed by atoms with E-state index in [2.05, 4.69) is 5.48 Å². The fraction of sp³-hybridized carbons (Fsp3) is 0.611. The van der Waals surface area contributed by atoms with E-state index >= 15 is 0 Å². The van der Waals surface area contributed by atoms with Gasteiger partial charge in [0.05, 0.1) is 12.2 Å². The maximum atomic E-state index is 12.1. The van der Waals surface area contributed by atoms with Crippen LogP contribution in [0, 0.1) is 5.92 Å². The quantitative estimate of drug-likeness (QED) is 0.839. The van der Waals surface area contributed by atoms with Crippen LogP contribution >= 0.6 is 0 Å². The largest absolute Gasteiger partial charge is 0.388 e. The Kier molecular flexibility index (Phi) is 5.51. The number of rotatable bonds is 4. The van der Waals surface area contributed by atoms with Gasteiger partial charge in [-0.05, 0) is 37.2 Å². The first kappa shape index (κ1) is 16.3. The highest BCUT2D eigenvalue weighted by Crippen LogP contribution is 2.30. The first-order chi connectivity index (χ1) is 11.2. The summed E-state index contributed by atoms with van der Waals surface area (Å²) in [5.74, 6) is 0.206. The number of carbonyl (C=O) groups is 1. The van der Waals surface area contributed by atoms with E-state index in [0.29, 0.717) is 13.1 Å². The van der Waals surface area contributed by atoms with Crippen LogP contribution in [0.2, 0.25) is 0 Å². The lowest BCUT2D eigenvalue weighted by molar-refractivity contribution is -0.0125. The number of aliphatic hydroxyl groups is 1. The zero-order chi connectivity index (χ0) is 16.1. The highest BCUT2D eigenvalue weighted by atomic mass is 16.7. The van der Waals surface area contributed by atoms with Crippen molar-refractivity contribution in [2.45, 2.75) is 50.7 Å². The van der Waals surface area contributed by atoms with E-state index < -0.39 is 6.10 Å². The number of carbonyl (C=O) groups excluding carboxylic acids is 1. The third kappa shape index (κ3) is 4.24. The van der Waals surface area contributed by atoms with Gasteiger partial charge in [-0.3, -0.25) is 4.84 Å². The molecule has 5 heteroatoms. The SMILES string of the molecule is O=C(NOC1CCCC1)N1CCC(C(O)c2ccccc2)CC1. The molecule has 0 spiro atoms. The summed E-state index contributed by atoms with van der Waals surface area (Å²) in [6.45, 7) is 1.32. The second kappa shape index (κ2) is 7.79. The second-order valence-electron chi connectivity index (χ2n) is 6.61. The summed E-state index contributed by atoms with van der Waals surface area (Å²) in [4.78, 5) is 19.4. The molecule has 1 unspecified atom stereocenters. The number of likely N-dealkylation sites (tertiary alicyclic amines) is 1. The Morgan fingerprint density at radius 2 is 1.78 bits per heavy atom. The van der Waals surface area contributed by atoms with Crippen LogP contribution in [0.5, 0.6) is 0 Å². The van der Waals surface area contributed by atoms with Crippen LogP contribution in [-0.2, 0) is 4.84 Å². The lowest BCUT2D eigenvalue weighted by Gasteiger charge is -2.34. The molecular weight excluding hydrogens is 292 g/mol.